The van der Waals surface area contributed by atoms with Gasteiger partial charge in [0.15, 0.2) is 0 Å². The van der Waals surface area contributed by atoms with Crippen LogP contribution in [0.25, 0.3) is 10.9 Å². The summed E-state index contributed by atoms with van der Waals surface area (Å²) in [5, 5.41) is 0.387. The first kappa shape index (κ1) is 15.0. The Hall–Kier alpha value is -1.42. The highest BCUT2D eigenvalue weighted by atomic mass is 79.9. The SMILES string of the molecule is NCCNS(=O)(=O)c1c(C(N)=O)[nH]c2ccc(Br)cc12. The number of nitrogens with one attached hydrogen (secondary N) is 2. The summed E-state index contributed by atoms with van der Waals surface area (Å²) in [7, 11) is -3.88. The van der Waals surface area contributed by atoms with Gasteiger partial charge in [0.2, 0.25) is 10.0 Å². The van der Waals surface area contributed by atoms with Crippen LogP contribution in [0.5, 0.6) is 0 Å². The molecule has 0 saturated carbocycles. The van der Waals surface area contributed by atoms with Crippen LogP contribution in [0.4, 0.5) is 0 Å². The van der Waals surface area contributed by atoms with Gasteiger partial charge in [0.1, 0.15) is 10.6 Å². The fraction of sp³-hybridized carbons (Fsp3) is 0.182. The minimum Gasteiger partial charge on any atom is -0.364 e. The molecule has 0 fully saturated rings. The average Bonchev–Trinajstić information content (AvgIpc) is 2.75. The molecule has 7 nitrogen and oxygen atoms in total. The second-order valence-corrected chi connectivity index (χ2v) is 6.69. The number of rotatable bonds is 5. The van der Waals surface area contributed by atoms with Crippen LogP contribution in [0, 0.1) is 0 Å². The molecule has 6 N–H and O–H groups in total. The number of nitrogens with two attached hydrogens (primary N) is 2. The van der Waals surface area contributed by atoms with Crippen LogP contribution in [0.15, 0.2) is 27.6 Å². The van der Waals surface area contributed by atoms with Crippen LogP contribution >= 0.6 is 15.9 Å². The minimum absolute atomic E-state index is 0.0706. The molecule has 1 amide bonds. The van der Waals surface area contributed by atoms with Gasteiger partial charge in [0.05, 0.1) is 0 Å². The molecule has 0 unspecified atom stereocenters. The third-order valence-corrected chi connectivity index (χ3v) is 4.70. The summed E-state index contributed by atoms with van der Waals surface area (Å²) >= 11 is 3.27. The maximum Gasteiger partial charge on any atom is 0.266 e. The fourth-order valence-electron chi connectivity index (χ4n) is 1.86. The molecule has 2 aromatic rings. The number of amides is 1. The highest BCUT2D eigenvalue weighted by molar-refractivity contribution is 9.10. The molecule has 0 atom stereocenters. The van der Waals surface area contributed by atoms with E-state index in [1.54, 1.807) is 18.2 Å². The molecular formula is C11H13BrN4O3S. The van der Waals surface area contributed by atoms with Crippen molar-refractivity contribution < 1.29 is 13.2 Å². The summed E-state index contributed by atoms with van der Waals surface area (Å²) in [4.78, 5) is 14.0. The van der Waals surface area contributed by atoms with Gasteiger partial charge in [-0.1, -0.05) is 15.9 Å². The van der Waals surface area contributed by atoms with E-state index in [0.717, 1.165) is 0 Å². The number of primary amides is 1. The molecule has 108 valence electrons. The Morgan fingerprint density at radius 1 is 1.40 bits per heavy atom. The number of aromatic amines is 1. The van der Waals surface area contributed by atoms with E-state index in [-0.39, 0.29) is 23.7 Å². The summed E-state index contributed by atoms with van der Waals surface area (Å²) in [6.45, 7) is 0.221. The largest absolute Gasteiger partial charge is 0.364 e. The van der Waals surface area contributed by atoms with Crippen molar-refractivity contribution >= 4 is 42.8 Å². The number of aromatic nitrogens is 1. The number of hydrogen-bond acceptors (Lipinski definition) is 4. The molecule has 0 aliphatic heterocycles. The maximum absolute atomic E-state index is 12.3. The van der Waals surface area contributed by atoms with Crippen molar-refractivity contribution in [3.8, 4) is 0 Å². The molecular weight excluding hydrogens is 348 g/mol. The molecule has 0 saturated heterocycles. The Bertz CT molecular complexity index is 769. The summed E-state index contributed by atoms with van der Waals surface area (Å²) in [6, 6.07) is 5.00. The van der Waals surface area contributed by atoms with Gasteiger partial charge >= 0.3 is 0 Å². The van der Waals surface area contributed by atoms with Gasteiger partial charge in [-0.3, -0.25) is 4.79 Å². The topological polar surface area (TPSA) is 131 Å². The Balaban J connectivity index is 2.74. The molecule has 0 bridgehead atoms. The van der Waals surface area contributed by atoms with E-state index >= 15 is 0 Å². The molecule has 0 aliphatic rings. The lowest BCUT2D eigenvalue weighted by Crippen LogP contribution is -2.30. The van der Waals surface area contributed by atoms with Gasteiger partial charge in [-0.2, -0.15) is 0 Å². The van der Waals surface area contributed by atoms with Gasteiger partial charge in [-0.15, -0.1) is 0 Å². The lowest BCUT2D eigenvalue weighted by Gasteiger charge is -2.06. The van der Waals surface area contributed by atoms with E-state index in [1.807, 2.05) is 0 Å². The number of benzene rings is 1. The first-order chi connectivity index (χ1) is 9.36. The van der Waals surface area contributed by atoms with Gasteiger partial charge in [0.25, 0.3) is 5.91 Å². The Kier molecular flexibility index (Phi) is 4.14. The normalized spacial score (nSPS) is 11.9. The van der Waals surface area contributed by atoms with E-state index in [2.05, 4.69) is 25.6 Å². The summed E-state index contributed by atoms with van der Waals surface area (Å²) < 4.78 is 27.6. The minimum atomic E-state index is -3.88. The number of halogens is 1. The standard InChI is InChI=1S/C11H13BrN4O3S/c12-6-1-2-8-7(5-6)10(9(16-8)11(14)17)20(18,19)15-4-3-13/h1-2,5,15-16H,3-4,13H2,(H2,14,17). The molecule has 20 heavy (non-hydrogen) atoms. The summed E-state index contributed by atoms with van der Waals surface area (Å²) in [6.07, 6.45) is 0. The lowest BCUT2D eigenvalue weighted by atomic mass is 10.2. The number of sulfonamides is 1. The van der Waals surface area contributed by atoms with Crippen LogP contribution in [-0.2, 0) is 10.0 Å². The van der Waals surface area contributed by atoms with Crippen LogP contribution in [0.1, 0.15) is 10.5 Å². The summed E-state index contributed by atoms with van der Waals surface area (Å²) in [5.41, 5.74) is 10.9. The third-order valence-electron chi connectivity index (χ3n) is 2.66. The van der Waals surface area contributed by atoms with Crippen molar-refractivity contribution in [2.45, 2.75) is 4.90 Å². The second-order valence-electron chi connectivity index (χ2n) is 4.07. The number of carbonyl (C=O) groups excluding carboxylic acids is 1. The molecule has 1 aromatic carbocycles. The average molecular weight is 361 g/mol. The van der Waals surface area contributed by atoms with Gasteiger partial charge in [-0.25, -0.2) is 13.1 Å². The molecule has 0 spiro atoms. The molecule has 1 aromatic heterocycles. The van der Waals surface area contributed by atoms with Gasteiger partial charge < -0.3 is 16.5 Å². The van der Waals surface area contributed by atoms with Crippen molar-refractivity contribution in [3.63, 3.8) is 0 Å². The number of H-pyrrole nitrogens is 1. The third kappa shape index (κ3) is 2.70. The summed E-state index contributed by atoms with van der Waals surface area (Å²) in [5.74, 6) is -0.842. The molecule has 0 radical (unpaired) electrons. The number of hydrogen-bond donors (Lipinski definition) is 4. The molecule has 0 aliphatic carbocycles. The Morgan fingerprint density at radius 3 is 2.70 bits per heavy atom. The molecule has 9 heteroatoms. The predicted octanol–water partition coefficient (Wildman–Crippen LogP) is 0.266. The zero-order chi connectivity index (χ0) is 14.9. The van der Waals surface area contributed by atoms with Crippen LogP contribution in [0.3, 0.4) is 0 Å². The zero-order valence-electron chi connectivity index (χ0n) is 10.3. The Labute approximate surface area is 123 Å². The monoisotopic (exact) mass is 360 g/mol. The first-order valence-corrected chi connectivity index (χ1v) is 7.95. The van der Waals surface area contributed by atoms with Gasteiger partial charge in [-0.05, 0) is 18.2 Å². The Morgan fingerprint density at radius 2 is 2.10 bits per heavy atom. The quantitative estimate of drug-likeness (QED) is 0.609. The van der Waals surface area contributed by atoms with Crippen molar-refractivity contribution in [3.05, 3.63) is 28.4 Å². The molecule has 1 heterocycles. The lowest BCUT2D eigenvalue weighted by molar-refractivity contribution is 0.0993. The van der Waals surface area contributed by atoms with E-state index in [0.29, 0.717) is 15.4 Å². The molecule has 2 rings (SSSR count). The van der Waals surface area contributed by atoms with Crippen molar-refractivity contribution in [1.82, 2.24) is 9.71 Å². The fourth-order valence-corrected chi connectivity index (χ4v) is 3.63. The van der Waals surface area contributed by atoms with E-state index in [9.17, 15) is 13.2 Å². The van der Waals surface area contributed by atoms with Crippen molar-refractivity contribution in [1.29, 1.82) is 0 Å². The van der Waals surface area contributed by atoms with Crippen LogP contribution in [0.2, 0.25) is 0 Å². The second kappa shape index (κ2) is 5.52. The number of carbonyl (C=O) groups is 1. The van der Waals surface area contributed by atoms with Crippen molar-refractivity contribution in [2.24, 2.45) is 11.5 Å². The van der Waals surface area contributed by atoms with E-state index < -0.39 is 15.9 Å². The van der Waals surface area contributed by atoms with Crippen LogP contribution in [-0.4, -0.2) is 32.4 Å². The number of fused-ring (bicyclic) bond motifs is 1. The van der Waals surface area contributed by atoms with E-state index in [4.69, 9.17) is 11.5 Å². The van der Waals surface area contributed by atoms with E-state index in [1.165, 1.54) is 0 Å². The zero-order valence-corrected chi connectivity index (χ0v) is 12.7. The van der Waals surface area contributed by atoms with Crippen molar-refractivity contribution in [2.75, 3.05) is 13.1 Å². The highest BCUT2D eigenvalue weighted by Gasteiger charge is 2.26. The van der Waals surface area contributed by atoms with Gasteiger partial charge in [0, 0.05) is 28.5 Å². The highest BCUT2D eigenvalue weighted by Crippen LogP contribution is 2.29. The van der Waals surface area contributed by atoms with Crippen LogP contribution < -0.4 is 16.2 Å². The maximum atomic E-state index is 12.3. The predicted molar refractivity (Wildman–Crippen MR) is 78.8 cm³/mol. The smallest absolute Gasteiger partial charge is 0.266 e. The first-order valence-electron chi connectivity index (χ1n) is 5.67.